The van der Waals surface area contributed by atoms with Gasteiger partial charge in [-0.25, -0.2) is 13.6 Å². The van der Waals surface area contributed by atoms with Crippen LogP contribution in [0, 0.1) is 11.6 Å². The van der Waals surface area contributed by atoms with E-state index in [4.69, 9.17) is 0 Å². The van der Waals surface area contributed by atoms with E-state index in [2.05, 4.69) is 15.5 Å². The molecule has 0 radical (unpaired) electrons. The first-order chi connectivity index (χ1) is 9.05. The highest BCUT2D eigenvalue weighted by Gasteiger charge is 2.05. The van der Waals surface area contributed by atoms with Crippen LogP contribution in [0.1, 0.15) is 13.8 Å². The molecule has 4 nitrogen and oxygen atoms in total. The van der Waals surface area contributed by atoms with Crippen molar-refractivity contribution in [1.82, 2.24) is 10.2 Å². The van der Waals surface area contributed by atoms with Crippen molar-refractivity contribution in [2.24, 2.45) is 0 Å². The van der Waals surface area contributed by atoms with E-state index in [0.717, 1.165) is 37.8 Å². The third-order valence-electron chi connectivity index (χ3n) is 2.73. The number of likely N-dealkylation sites (N-methyl/N-ethyl adjacent to an activating group) is 1. The molecular formula is C13H19F2N3O. The maximum Gasteiger partial charge on any atom is 0.319 e. The number of nitrogens with zero attached hydrogens (tertiary/aromatic N) is 1. The van der Waals surface area contributed by atoms with Gasteiger partial charge in [0.1, 0.15) is 11.6 Å². The molecular weight excluding hydrogens is 252 g/mol. The lowest BCUT2D eigenvalue weighted by Crippen LogP contribution is -2.36. The van der Waals surface area contributed by atoms with Crippen molar-refractivity contribution < 1.29 is 13.6 Å². The average Bonchev–Trinajstić information content (AvgIpc) is 2.33. The molecule has 2 N–H and O–H groups in total. The molecule has 0 saturated carbocycles. The zero-order chi connectivity index (χ0) is 14.3. The predicted octanol–water partition coefficient (Wildman–Crippen LogP) is 2.43. The fraction of sp³-hybridized carbons (Fsp3) is 0.462. The summed E-state index contributed by atoms with van der Waals surface area (Å²) in [6, 6.07) is 2.40. The quantitative estimate of drug-likeness (QED) is 0.834. The Kier molecular flexibility index (Phi) is 6.21. The molecule has 0 aliphatic carbocycles. The highest BCUT2D eigenvalue weighted by molar-refractivity contribution is 5.89. The van der Waals surface area contributed by atoms with Crippen LogP contribution >= 0.6 is 0 Å². The van der Waals surface area contributed by atoms with Gasteiger partial charge in [0.05, 0.1) is 0 Å². The Labute approximate surface area is 111 Å². The predicted molar refractivity (Wildman–Crippen MR) is 71.2 cm³/mol. The smallest absolute Gasteiger partial charge is 0.319 e. The van der Waals surface area contributed by atoms with Gasteiger partial charge >= 0.3 is 6.03 Å². The molecule has 1 aromatic carbocycles. The number of nitrogens with one attached hydrogen (secondary N) is 2. The summed E-state index contributed by atoms with van der Waals surface area (Å²) in [6.45, 7) is 7.12. The molecule has 19 heavy (non-hydrogen) atoms. The second-order valence-corrected chi connectivity index (χ2v) is 4.07. The van der Waals surface area contributed by atoms with Gasteiger partial charge in [0, 0.05) is 24.8 Å². The molecule has 0 unspecified atom stereocenters. The van der Waals surface area contributed by atoms with E-state index in [0.29, 0.717) is 6.54 Å². The number of hydrogen-bond acceptors (Lipinski definition) is 2. The highest BCUT2D eigenvalue weighted by Crippen LogP contribution is 2.12. The first-order valence-corrected chi connectivity index (χ1v) is 6.28. The molecule has 0 aliphatic heterocycles. The van der Waals surface area contributed by atoms with E-state index in [9.17, 15) is 13.6 Å². The molecule has 0 aromatic heterocycles. The van der Waals surface area contributed by atoms with Gasteiger partial charge in [-0.15, -0.1) is 0 Å². The number of amides is 2. The van der Waals surface area contributed by atoms with Crippen LogP contribution in [-0.2, 0) is 0 Å². The molecule has 0 bridgehead atoms. The van der Waals surface area contributed by atoms with E-state index in [1.165, 1.54) is 0 Å². The minimum absolute atomic E-state index is 0.0952. The number of benzene rings is 1. The summed E-state index contributed by atoms with van der Waals surface area (Å²) in [5.41, 5.74) is 0.0952. The van der Waals surface area contributed by atoms with Gasteiger partial charge in [-0.05, 0) is 25.2 Å². The maximum atomic E-state index is 12.9. The normalized spacial score (nSPS) is 10.6. The van der Waals surface area contributed by atoms with Gasteiger partial charge in [-0.3, -0.25) is 0 Å². The van der Waals surface area contributed by atoms with Crippen LogP contribution in [0.15, 0.2) is 18.2 Å². The minimum atomic E-state index is -0.724. The Morgan fingerprint density at radius 2 is 1.74 bits per heavy atom. The minimum Gasteiger partial charge on any atom is -0.337 e. The van der Waals surface area contributed by atoms with Crippen molar-refractivity contribution in [2.75, 3.05) is 31.5 Å². The van der Waals surface area contributed by atoms with Gasteiger partial charge in [0.2, 0.25) is 0 Å². The zero-order valence-electron chi connectivity index (χ0n) is 11.2. The lowest BCUT2D eigenvalue weighted by molar-refractivity contribution is 0.248. The largest absolute Gasteiger partial charge is 0.337 e. The Bertz CT molecular complexity index is 402. The summed E-state index contributed by atoms with van der Waals surface area (Å²) in [7, 11) is 0. The Hall–Kier alpha value is -1.69. The molecule has 2 amide bonds. The number of hydrogen-bond donors (Lipinski definition) is 2. The summed E-state index contributed by atoms with van der Waals surface area (Å²) in [6.07, 6.45) is 0. The van der Waals surface area contributed by atoms with Gasteiger partial charge in [-0.1, -0.05) is 13.8 Å². The SMILES string of the molecule is CCN(CC)CCNC(=O)Nc1cc(F)cc(F)c1. The standard InChI is InChI=1S/C13H19F2N3O/c1-3-18(4-2)6-5-16-13(19)17-12-8-10(14)7-11(15)9-12/h7-9H,3-6H2,1-2H3,(H2,16,17,19). The fourth-order valence-corrected chi connectivity index (χ4v) is 1.67. The van der Waals surface area contributed by atoms with E-state index in [1.54, 1.807) is 0 Å². The Morgan fingerprint density at radius 1 is 1.16 bits per heavy atom. The van der Waals surface area contributed by atoms with E-state index in [1.807, 2.05) is 13.8 Å². The van der Waals surface area contributed by atoms with Crippen LogP contribution in [0.2, 0.25) is 0 Å². The summed E-state index contributed by atoms with van der Waals surface area (Å²) >= 11 is 0. The maximum absolute atomic E-state index is 12.9. The van der Waals surface area contributed by atoms with E-state index in [-0.39, 0.29) is 5.69 Å². The third kappa shape index (κ3) is 5.65. The molecule has 0 spiro atoms. The number of carbonyl (C=O) groups is 1. The first-order valence-electron chi connectivity index (χ1n) is 6.28. The van der Waals surface area contributed by atoms with Crippen molar-refractivity contribution in [2.45, 2.75) is 13.8 Å². The van der Waals surface area contributed by atoms with Gasteiger partial charge in [0.25, 0.3) is 0 Å². The summed E-state index contributed by atoms with van der Waals surface area (Å²) in [4.78, 5) is 13.7. The topological polar surface area (TPSA) is 44.4 Å². The first kappa shape index (κ1) is 15.4. The van der Waals surface area contributed by atoms with Gasteiger partial charge in [-0.2, -0.15) is 0 Å². The molecule has 0 fully saturated rings. The van der Waals surface area contributed by atoms with Crippen molar-refractivity contribution >= 4 is 11.7 Å². The number of anilines is 1. The molecule has 0 aliphatic rings. The third-order valence-corrected chi connectivity index (χ3v) is 2.73. The Morgan fingerprint density at radius 3 is 2.26 bits per heavy atom. The van der Waals surface area contributed by atoms with Crippen LogP contribution in [0.4, 0.5) is 19.3 Å². The van der Waals surface area contributed by atoms with Crippen LogP contribution in [0.3, 0.4) is 0 Å². The molecule has 106 valence electrons. The van der Waals surface area contributed by atoms with Crippen molar-refractivity contribution in [3.8, 4) is 0 Å². The van der Waals surface area contributed by atoms with E-state index < -0.39 is 17.7 Å². The molecule has 6 heteroatoms. The molecule has 0 saturated heterocycles. The molecule has 1 rings (SSSR count). The average molecular weight is 271 g/mol. The molecule has 0 atom stereocenters. The summed E-state index contributed by atoms with van der Waals surface area (Å²) in [5, 5.41) is 5.02. The van der Waals surface area contributed by atoms with Crippen LogP contribution in [0.5, 0.6) is 0 Å². The summed E-state index contributed by atoms with van der Waals surface area (Å²) < 4.78 is 25.8. The number of rotatable bonds is 6. The monoisotopic (exact) mass is 271 g/mol. The highest BCUT2D eigenvalue weighted by atomic mass is 19.1. The van der Waals surface area contributed by atoms with Crippen LogP contribution in [0.25, 0.3) is 0 Å². The number of halogens is 2. The van der Waals surface area contributed by atoms with Crippen LogP contribution in [-0.4, -0.2) is 37.1 Å². The molecule has 0 heterocycles. The summed E-state index contributed by atoms with van der Waals surface area (Å²) in [5.74, 6) is -1.45. The van der Waals surface area contributed by atoms with Gasteiger partial charge < -0.3 is 15.5 Å². The second kappa shape index (κ2) is 7.68. The molecule has 1 aromatic rings. The van der Waals surface area contributed by atoms with Crippen molar-refractivity contribution in [3.05, 3.63) is 29.8 Å². The lowest BCUT2D eigenvalue weighted by atomic mass is 10.3. The number of urea groups is 1. The second-order valence-electron chi connectivity index (χ2n) is 4.07. The van der Waals surface area contributed by atoms with Crippen molar-refractivity contribution in [3.63, 3.8) is 0 Å². The fourth-order valence-electron chi connectivity index (χ4n) is 1.67. The number of carbonyl (C=O) groups excluding carboxylic acids is 1. The van der Waals surface area contributed by atoms with Crippen LogP contribution < -0.4 is 10.6 Å². The zero-order valence-corrected chi connectivity index (χ0v) is 11.2. The lowest BCUT2D eigenvalue weighted by Gasteiger charge is -2.18. The van der Waals surface area contributed by atoms with Crippen molar-refractivity contribution in [1.29, 1.82) is 0 Å². The van der Waals surface area contributed by atoms with Gasteiger partial charge in [0.15, 0.2) is 0 Å². The van der Waals surface area contributed by atoms with E-state index >= 15 is 0 Å². The Balaban J connectivity index is 2.38.